The quantitative estimate of drug-likeness (QED) is 0.180. The molecule has 1 saturated heterocycles. The Bertz CT molecular complexity index is 1280. The minimum Gasteiger partial charge on any atom is -0.544 e. The average molecular weight is 742 g/mol. The first-order valence-corrected chi connectivity index (χ1v) is 34.1. The highest BCUT2D eigenvalue weighted by Gasteiger charge is 2.52. The molecule has 6 nitrogen and oxygen atoms in total. The molecule has 1 fully saturated rings. The maximum Gasteiger partial charge on any atom is 0.242 e. The van der Waals surface area contributed by atoms with Crippen LogP contribution < -0.4 is 4.43 Å². The van der Waals surface area contributed by atoms with Gasteiger partial charge in [-0.05, 0) is 140 Å². The summed E-state index contributed by atoms with van der Waals surface area (Å²) in [6.07, 6.45) is -0.898. The molecular formula is C34H61ClO6Si5. The smallest absolute Gasteiger partial charge is 0.242 e. The van der Waals surface area contributed by atoms with E-state index in [0.717, 1.165) is 21.9 Å². The molecular weight excluding hydrogens is 680 g/mol. The molecule has 0 bridgehead atoms. The maximum atomic E-state index is 7.11. The molecule has 0 N–H and O–H groups in total. The summed E-state index contributed by atoms with van der Waals surface area (Å²) in [6, 6.07) is 14.7. The van der Waals surface area contributed by atoms with Gasteiger partial charge in [0.15, 0.2) is 33.3 Å². The highest BCUT2D eigenvalue weighted by atomic mass is 35.5. The highest BCUT2D eigenvalue weighted by Crippen LogP contribution is 2.41. The number of ether oxygens (including phenoxy) is 1. The van der Waals surface area contributed by atoms with Crippen LogP contribution in [-0.2, 0) is 28.9 Å². The summed E-state index contributed by atoms with van der Waals surface area (Å²) < 4.78 is 40.9. The van der Waals surface area contributed by atoms with Gasteiger partial charge in [0.25, 0.3) is 0 Å². The van der Waals surface area contributed by atoms with Crippen LogP contribution in [0.25, 0.3) is 0 Å². The molecule has 0 aliphatic carbocycles. The van der Waals surface area contributed by atoms with E-state index in [2.05, 4.69) is 135 Å². The molecule has 3 rings (SSSR count). The van der Waals surface area contributed by atoms with E-state index in [1.54, 1.807) is 0 Å². The Morgan fingerprint density at radius 2 is 1.13 bits per heavy atom. The Hall–Kier alpha value is -0.586. The molecule has 0 amide bonds. The molecule has 1 aliphatic rings. The highest BCUT2D eigenvalue weighted by molar-refractivity contribution is 6.71. The summed E-state index contributed by atoms with van der Waals surface area (Å²) in [5.74, 6) is 0.916. The lowest BCUT2D eigenvalue weighted by molar-refractivity contribution is -0.216. The van der Waals surface area contributed by atoms with Crippen molar-refractivity contribution in [3.05, 3.63) is 64.2 Å². The zero-order valence-corrected chi connectivity index (χ0v) is 36.9. The van der Waals surface area contributed by atoms with Gasteiger partial charge in [0.05, 0.1) is 6.61 Å². The summed E-state index contributed by atoms with van der Waals surface area (Å²) >= 11 is 6.85. The third-order valence-electron chi connectivity index (χ3n) is 6.92. The molecule has 1 heterocycles. The molecule has 0 saturated carbocycles. The van der Waals surface area contributed by atoms with Gasteiger partial charge in [-0.2, -0.15) is 0 Å². The molecule has 260 valence electrons. The van der Waals surface area contributed by atoms with Gasteiger partial charge in [-0.25, -0.2) is 0 Å². The molecule has 1 aliphatic heterocycles. The van der Waals surface area contributed by atoms with Gasteiger partial charge in [-0.1, -0.05) is 35.9 Å². The summed E-state index contributed by atoms with van der Waals surface area (Å²) in [7, 11) is -9.60. The third-order valence-corrected chi connectivity index (χ3v) is 12.1. The fourth-order valence-corrected chi connectivity index (χ4v) is 10.4. The topological polar surface area (TPSA) is 55.4 Å². The lowest BCUT2D eigenvalue weighted by atomic mass is 9.90. The number of benzene rings is 2. The summed E-state index contributed by atoms with van der Waals surface area (Å²) in [6.45, 7) is 33.8. The Morgan fingerprint density at radius 3 is 1.63 bits per heavy atom. The average Bonchev–Trinajstić information content (AvgIpc) is 2.84. The molecule has 5 atom stereocenters. The standard InChI is InChI=1S/C34H61ClO6Si5/c1-42(2,3)36-24-30-32(39-44(7,8)9)34(41-46(13,14)15)33(40-45(10,11)12)31(37-30)26-18-21-29(35)27(23-26)22-25-16-19-28(20-17-25)38-43(4,5)6/h16-21,23,30-34H,22,24H2,1-15H3/t30-,31+,32-,33+,34+/m1/s1. The Morgan fingerprint density at radius 1 is 0.609 bits per heavy atom. The lowest BCUT2D eigenvalue weighted by Crippen LogP contribution is -2.63. The van der Waals surface area contributed by atoms with Crippen molar-refractivity contribution in [3.8, 4) is 5.75 Å². The van der Waals surface area contributed by atoms with Crippen molar-refractivity contribution in [2.75, 3.05) is 6.61 Å². The van der Waals surface area contributed by atoms with E-state index in [0.29, 0.717) is 13.0 Å². The summed E-state index contributed by atoms with van der Waals surface area (Å²) in [5.41, 5.74) is 3.26. The fourth-order valence-electron chi connectivity index (χ4n) is 5.44. The van der Waals surface area contributed by atoms with Crippen molar-refractivity contribution < 1.29 is 26.9 Å². The molecule has 2 aromatic rings. The van der Waals surface area contributed by atoms with Gasteiger partial charge in [-0.15, -0.1) is 0 Å². The first-order chi connectivity index (χ1) is 20.8. The van der Waals surface area contributed by atoms with Crippen molar-refractivity contribution in [2.45, 2.75) is 135 Å². The predicted molar refractivity (Wildman–Crippen MR) is 206 cm³/mol. The zero-order valence-electron chi connectivity index (χ0n) is 31.2. The van der Waals surface area contributed by atoms with Gasteiger partial charge in [0, 0.05) is 5.02 Å². The number of rotatable bonds is 14. The van der Waals surface area contributed by atoms with Crippen LogP contribution in [0.3, 0.4) is 0 Å². The lowest BCUT2D eigenvalue weighted by Gasteiger charge is -2.51. The van der Waals surface area contributed by atoms with Crippen LogP contribution in [0.15, 0.2) is 42.5 Å². The molecule has 0 spiro atoms. The first kappa shape index (κ1) is 39.8. The minimum atomic E-state index is -2.05. The molecule has 0 radical (unpaired) electrons. The second kappa shape index (κ2) is 15.1. The van der Waals surface area contributed by atoms with Gasteiger partial charge in [-0.3, -0.25) is 0 Å². The van der Waals surface area contributed by atoms with E-state index < -0.39 is 41.6 Å². The maximum absolute atomic E-state index is 7.11. The molecule has 12 heteroatoms. The van der Waals surface area contributed by atoms with Crippen LogP contribution in [0.4, 0.5) is 0 Å². The van der Waals surface area contributed by atoms with E-state index >= 15 is 0 Å². The third kappa shape index (κ3) is 13.4. The van der Waals surface area contributed by atoms with Gasteiger partial charge >= 0.3 is 0 Å². The normalized spacial score (nSPS) is 23.4. The molecule has 46 heavy (non-hydrogen) atoms. The monoisotopic (exact) mass is 740 g/mol. The van der Waals surface area contributed by atoms with E-state index in [4.69, 9.17) is 38.5 Å². The van der Waals surface area contributed by atoms with E-state index in [1.807, 2.05) is 6.07 Å². The van der Waals surface area contributed by atoms with Crippen LogP contribution in [0.5, 0.6) is 5.75 Å². The molecule has 0 unspecified atom stereocenters. The molecule has 0 aromatic heterocycles. The Labute approximate surface area is 290 Å². The van der Waals surface area contributed by atoms with Crippen LogP contribution in [0.2, 0.25) is 103 Å². The molecule has 2 aromatic carbocycles. The van der Waals surface area contributed by atoms with E-state index in [9.17, 15) is 0 Å². The van der Waals surface area contributed by atoms with Gasteiger partial charge in [0.2, 0.25) is 8.32 Å². The largest absolute Gasteiger partial charge is 0.544 e. The van der Waals surface area contributed by atoms with Gasteiger partial charge in [0.1, 0.15) is 36.3 Å². The minimum absolute atomic E-state index is 0.294. The second-order valence-corrected chi connectivity index (χ2v) is 40.2. The summed E-state index contributed by atoms with van der Waals surface area (Å²) in [5, 5.41) is 0.734. The predicted octanol–water partition coefficient (Wildman–Crippen LogP) is 10.1. The van der Waals surface area contributed by atoms with Crippen molar-refractivity contribution in [2.24, 2.45) is 0 Å². The number of halogens is 1. The Balaban J connectivity index is 2.09. The van der Waals surface area contributed by atoms with Gasteiger partial charge < -0.3 is 26.9 Å². The SMILES string of the molecule is C[Si](C)(C)OC[C@H]1O[C@@H](c2ccc(Cl)c(Cc3ccc(O[Si](C)(C)C)cc3)c2)[C@H](O[Si](C)(C)C)[C@@H](O[Si](C)(C)C)[C@@H]1O[Si](C)(C)C. The van der Waals surface area contributed by atoms with Crippen molar-refractivity contribution in [3.63, 3.8) is 0 Å². The number of hydrogen-bond acceptors (Lipinski definition) is 6. The van der Waals surface area contributed by atoms with Crippen LogP contribution in [0, 0.1) is 0 Å². The van der Waals surface area contributed by atoms with Crippen LogP contribution in [0.1, 0.15) is 22.8 Å². The van der Waals surface area contributed by atoms with Crippen LogP contribution >= 0.6 is 11.6 Å². The number of hydrogen-bond donors (Lipinski definition) is 0. The van der Waals surface area contributed by atoms with Crippen molar-refractivity contribution >= 4 is 53.2 Å². The first-order valence-electron chi connectivity index (χ1n) is 16.7. The fraction of sp³-hybridized carbons (Fsp3) is 0.647. The Kier molecular flexibility index (Phi) is 13.1. The van der Waals surface area contributed by atoms with Crippen molar-refractivity contribution in [1.29, 1.82) is 0 Å². The van der Waals surface area contributed by atoms with E-state index in [1.165, 1.54) is 5.56 Å². The van der Waals surface area contributed by atoms with E-state index in [-0.39, 0.29) is 30.5 Å². The second-order valence-electron chi connectivity index (χ2n) is 17.5. The van der Waals surface area contributed by atoms with Crippen LogP contribution in [-0.4, -0.2) is 72.6 Å². The van der Waals surface area contributed by atoms with Crippen molar-refractivity contribution in [1.82, 2.24) is 0 Å². The zero-order chi connectivity index (χ0) is 34.9. The summed E-state index contributed by atoms with van der Waals surface area (Å²) in [4.78, 5) is 0.